The number of rotatable bonds is 1. The molecular weight excluding hydrogens is 258 g/mol. The van der Waals surface area contributed by atoms with Gasteiger partial charge in [0.05, 0.1) is 12.1 Å². The van der Waals surface area contributed by atoms with Crippen molar-refractivity contribution < 1.29 is 9.53 Å². The maximum absolute atomic E-state index is 11.6. The summed E-state index contributed by atoms with van der Waals surface area (Å²) in [7, 11) is 0. The van der Waals surface area contributed by atoms with Crippen molar-refractivity contribution in [3.05, 3.63) is 34.9 Å². The normalized spacial score (nSPS) is 10.5. The lowest BCUT2D eigenvalue weighted by Crippen LogP contribution is -2.12. The quantitative estimate of drug-likeness (QED) is 0.793. The van der Waals surface area contributed by atoms with E-state index < -0.39 is 0 Å². The lowest BCUT2D eigenvalue weighted by Gasteiger charge is -2.04. The number of fused-ring (bicyclic) bond motifs is 1. The Morgan fingerprint density at radius 2 is 2.27 bits per heavy atom. The van der Waals surface area contributed by atoms with Crippen molar-refractivity contribution in [3.63, 3.8) is 0 Å². The van der Waals surface area contributed by atoms with Crippen LogP contribution in [0.2, 0.25) is 0 Å². The van der Waals surface area contributed by atoms with Crippen LogP contribution in [0, 0.1) is 0 Å². The fourth-order valence-corrected chi connectivity index (χ4v) is 2.07. The molecule has 4 heteroatoms. The van der Waals surface area contributed by atoms with E-state index in [-0.39, 0.29) is 6.09 Å². The van der Waals surface area contributed by atoms with Gasteiger partial charge in [-0.15, -0.1) is 0 Å². The third-order valence-electron chi connectivity index (χ3n) is 2.13. The van der Waals surface area contributed by atoms with Crippen LogP contribution in [0.1, 0.15) is 6.92 Å². The third kappa shape index (κ3) is 1.77. The van der Waals surface area contributed by atoms with E-state index in [1.807, 2.05) is 24.3 Å². The molecule has 0 aliphatic heterocycles. The molecule has 0 amide bonds. The molecule has 15 heavy (non-hydrogen) atoms. The third-order valence-corrected chi connectivity index (χ3v) is 2.77. The highest BCUT2D eigenvalue weighted by Gasteiger charge is 2.11. The van der Waals surface area contributed by atoms with Crippen LogP contribution in [0.4, 0.5) is 4.79 Å². The van der Waals surface area contributed by atoms with E-state index in [9.17, 15) is 4.79 Å². The van der Waals surface area contributed by atoms with Gasteiger partial charge in [0, 0.05) is 16.1 Å². The summed E-state index contributed by atoms with van der Waals surface area (Å²) >= 11 is 3.42. The van der Waals surface area contributed by atoms with Crippen LogP contribution in [0.5, 0.6) is 0 Å². The highest BCUT2D eigenvalue weighted by atomic mass is 79.9. The molecule has 0 aliphatic rings. The van der Waals surface area contributed by atoms with Crippen molar-refractivity contribution in [2.45, 2.75) is 6.92 Å². The summed E-state index contributed by atoms with van der Waals surface area (Å²) in [5.41, 5.74) is 0.843. The number of carbonyl (C=O) groups is 1. The zero-order valence-corrected chi connectivity index (χ0v) is 9.82. The van der Waals surface area contributed by atoms with Gasteiger partial charge in [0.15, 0.2) is 0 Å². The molecule has 0 unspecified atom stereocenters. The van der Waals surface area contributed by atoms with Gasteiger partial charge in [-0.3, -0.25) is 4.57 Å². The summed E-state index contributed by atoms with van der Waals surface area (Å²) in [5, 5.41) is 1.01. The minimum atomic E-state index is -0.348. The van der Waals surface area contributed by atoms with Gasteiger partial charge < -0.3 is 4.74 Å². The van der Waals surface area contributed by atoms with Gasteiger partial charge in [-0.1, -0.05) is 12.1 Å². The Balaban J connectivity index is 2.57. The average molecular weight is 268 g/mol. The maximum Gasteiger partial charge on any atom is 0.418 e. The summed E-state index contributed by atoms with van der Waals surface area (Å²) < 4.78 is 7.34. The highest BCUT2D eigenvalue weighted by Crippen LogP contribution is 2.24. The predicted octanol–water partition coefficient (Wildman–Crippen LogP) is 3.41. The summed E-state index contributed by atoms with van der Waals surface area (Å²) in [6, 6.07) is 7.67. The number of benzene rings is 1. The van der Waals surface area contributed by atoms with Crippen LogP contribution in [0.15, 0.2) is 34.9 Å². The molecule has 1 aromatic carbocycles. The van der Waals surface area contributed by atoms with E-state index in [1.54, 1.807) is 13.1 Å². The topological polar surface area (TPSA) is 31.2 Å². The molecule has 0 fully saturated rings. The Morgan fingerprint density at radius 3 is 3.00 bits per heavy atom. The van der Waals surface area contributed by atoms with Crippen molar-refractivity contribution in [2.75, 3.05) is 6.61 Å². The molecule has 0 saturated carbocycles. The van der Waals surface area contributed by atoms with Crippen LogP contribution in [-0.4, -0.2) is 17.3 Å². The highest BCUT2D eigenvalue weighted by molar-refractivity contribution is 9.10. The van der Waals surface area contributed by atoms with Crippen molar-refractivity contribution in [3.8, 4) is 0 Å². The average Bonchev–Trinajstić information content (AvgIpc) is 2.63. The van der Waals surface area contributed by atoms with E-state index in [2.05, 4.69) is 15.9 Å². The summed E-state index contributed by atoms with van der Waals surface area (Å²) in [6.07, 6.45) is 1.37. The number of hydrogen-bond acceptors (Lipinski definition) is 2. The summed E-state index contributed by atoms with van der Waals surface area (Å²) in [4.78, 5) is 11.6. The molecule has 1 aromatic heterocycles. The molecule has 2 aromatic rings. The van der Waals surface area contributed by atoms with Gasteiger partial charge in [-0.05, 0) is 35.0 Å². The van der Waals surface area contributed by atoms with Crippen LogP contribution in [0.25, 0.3) is 10.9 Å². The second-order valence-electron chi connectivity index (χ2n) is 3.06. The molecule has 78 valence electrons. The van der Waals surface area contributed by atoms with Crippen molar-refractivity contribution in [2.24, 2.45) is 0 Å². The first-order valence-corrected chi connectivity index (χ1v) is 5.46. The van der Waals surface area contributed by atoms with E-state index in [0.717, 1.165) is 15.4 Å². The molecule has 3 nitrogen and oxygen atoms in total. The molecule has 2 rings (SSSR count). The Hall–Kier alpha value is -1.29. The Morgan fingerprint density at radius 1 is 1.47 bits per heavy atom. The fourth-order valence-electron chi connectivity index (χ4n) is 1.50. The number of nitrogens with zero attached hydrogens (tertiary/aromatic N) is 1. The zero-order chi connectivity index (χ0) is 10.8. The number of aromatic nitrogens is 1. The second-order valence-corrected chi connectivity index (χ2v) is 3.92. The number of carbonyl (C=O) groups excluding carboxylic acids is 1. The van der Waals surface area contributed by atoms with Gasteiger partial charge in [0.2, 0.25) is 0 Å². The SMILES string of the molecule is CCOC(=O)n1ccc2cccc(Br)c21. The van der Waals surface area contributed by atoms with Gasteiger partial charge in [0.25, 0.3) is 0 Å². The predicted molar refractivity (Wildman–Crippen MR) is 62.1 cm³/mol. The second kappa shape index (κ2) is 4.06. The van der Waals surface area contributed by atoms with Crippen LogP contribution < -0.4 is 0 Å². The molecule has 1 heterocycles. The number of ether oxygens (including phenoxy) is 1. The molecule has 0 spiro atoms. The first kappa shape index (κ1) is 10.2. The lowest BCUT2D eigenvalue weighted by molar-refractivity contribution is 0.155. The number of hydrogen-bond donors (Lipinski definition) is 0. The molecule has 0 aliphatic carbocycles. The minimum Gasteiger partial charge on any atom is -0.449 e. The molecule has 0 bridgehead atoms. The van der Waals surface area contributed by atoms with Crippen molar-refractivity contribution in [1.82, 2.24) is 4.57 Å². The Bertz CT molecular complexity index is 504. The number of halogens is 1. The molecular formula is C11H10BrNO2. The van der Waals surface area contributed by atoms with Gasteiger partial charge >= 0.3 is 6.09 Å². The smallest absolute Gasteiger partial charge is 0.418 e. The summed E-state index contributed by atoms with van der Waals surface area (Å²) in [5.74, 6) is 0. The first-order valence-electron chi connectivity index (χ1n) is 4.66. The molecule has 0 radical (unpaired) electrons. The van der Waals surface area contributed by atoms with Crippen LogP contribution in [0.3, 0.4) is 0 Å². The van der Waals surface area contributed by atoms with Gasteiger partial charge in [0.1, 0.15) is 0 Å². The standard InChI is InChI=1S/C11H10BrNO2/c1-2-15-11(14)13-7-6-8-4-3-5-9(12)10(8)13/h3-7H,2H2,1H3. The Kier molecular flexibility index (Phi) is 2.77. The zero-order valence-electron chi connectivity index (χ0n) is 8.24. The van der Waals surface area contributed by atoms with Gasteiger partial charge in [-0.2, -0.15) is 0 Å². The first-order chi connectivity index (χ1) is 7.24. The largest absolute Gasteiger partial charge is 0.449 e. The minimum absolute atomic E-state index is 0.348. The maximum atomic E-state index is 11.6. The van der Waals surface area contributed by atoms with Crippen molar-refractivity contribution in [1.29, 1.82) is 0 Å². The monoisotopic (exact) mass is 267 g/mol. The van der Waals surface area contributed by atoms with E-state index >= 15 is 0 Å². The summed E-state index contributed by atoms with van der Waals surface area (Å²) in [6.45, 7) is 2.17. The van der Waals surface area contributed by atoms with Crippen LogP contribution >= 0.6 is 15.9 Å². The van der Waals surface area contributed by atoms with E-state index in [1.165, 1.54) is 4.57 Å². The van der Waals surface area contributed by atoms with Crippen molar-refractivity contribution >= 4 is 32.9 Å². The van der Waals surface area contributed by atoms with E-state index in [0.29, 0.717) is 6.61 Å². The molecule has 0 N–H and O–H groups in total. The fraction of sp³-hybridized carbons (Fsp3) is 0.182. The Labute approximate surface area is 95.8 Å². The van der Waals surface area contributed by atoms with Crippen LogP contribution in [-0.2, 0) is 4.74 Å². The molecule has 0 atom stereocenters. The lowest BCUT2D eigenvalue weighted by atomic mass is 10.2. The number of para-hydroxylation sites is 1. The van der Waals surface area contributed by atoms with Gasteiger partial charge in [-0.25, -0.2) is 4.79 Å². The van der Waals surface area contributed by atoms with E-state index in [4.69, 9.17) is 4.74 Å². The molecule has 0 saturated heterocycles.